The van der Waals surface area contributed by atoms with Gasteiger partial charge in [0.2, 0.25) is 0 Å². The summed E-state index contributed by atoms with van der Waals surface area (Å²) in [7, 11) is 0. The third-order valence-corrected chi connectivity index (χ3v) is 2.83. The van der Waals surface area contributed by atoms with Gasteiger partial charge in [0.05, 0.1) is 13.2 Å². The van der Waals surface area contributed by atoms with Gasteiger partial charge in [0, 0.05) is 0 Å². The fourth-order valence-corrected chi connectivity index (χ4v) is 1.82. The van der Waals surface area contributed by atoms with E-state index in [1.165, 1.54) is 24.3 Å². The molecule has 23 heavy (non-hydrogen) atoms. The second kappa shape index (κ2) is 8.38. The van der Waals surface area contributed by atoms with E-state index in [-0.39, 0.29) is 24.7 Å². The SMILES string of the molecule is FC(F)Oc1ccc(COCc2ccc(OC(F)F)cc2)cc1. The summed E-state index contributed by atoms with van der Waals surface area (Å²) in [4.78, 5) is 0. The average Bonchev–Trinajstić information content (AvgIpc) is 2.50. The highest BCUT2D eigenvalue weighted by Gasteiger charge is 2.05. The first-order valence-electron chi connectivity index (χ1n) is 6.68. The molecule has 0 heterocycles. The minimum absolute atomic E-state index is 0.0818. The van der Waals surface area contributed by atoms with Crippen LogP contribution in [-0.2, 0) is 18.0 Å². The predicted octanol–water partition coefficient (Wildman–Crippen LogP) is 4.61. The molecule has 0 N–H and O–H groups in total. The van der Waals surface area contributed by atoms with Crippen molar-refractivity contribution in [3.63, 3.8) is 0 Å². The van der Waals surface area contributed by atoms with Crippen molar-refractivity contribution in [1.82, 2.24) is 0 Å². The number of hydrogen-bond donors (Lipinski definition) is 0. The van der Waals surface area contributed by atoms with Crippen LogP contribution in [0.4, 0.5) is 17.6 Å². The second-order valence-corrected chi connectivity index (χ2v) is 4.54. The van der Waals surface area contributed by atoms with E-state index in [1.54, 1.807) is 24.3 Å². The van der Waals surface area contributed by atoms with Gasteiger partial charge in [-0.15, -0.1) is 0 Å². The molecule has 0 aliphatic rings. The average molecular weight is 330 g/mol. The van der Waals surface area contributed by atoms with Crippen molar-refractivity contribution in [3.8, 4) is 11.5 Å². The van der Waals surface area contributed by atoms with Crippen LogP contribution in [0.5, 0.6) is 11.5 Å². The van der Waals surface area contributed by atoms with Crippen LogP contribution in [0, 0.1) is 0 Å². The maximum Gasteiger partial charge on any atom is 0.387 e. The van der Waals surface area contributed by atoms with Gasteiger partial charge in [0.1, 0.15) is 11.5 Å². The third-order valence-electron chi connectivity index (χ3n) is 2.83. The first-order chi connectivity index (χ1) is 11.0. The Morgan fingerprint density at radius 2 is 0.957 bits per heavy atom. The Bertz CT molecular complexity index is 532. The lowest BCUT2D eigenvalue weighted by Crippen LogP contribution is -2.02. The van der Waals surface area contributed by atoms with E-state index in [1.807, 2.05) is 0 Å². The summed E-state index contributed by atoms with van der Waals surface area (Å²) in [6, 6.07) is 12.2. The van der Waals surface area contributed by atoms with E-state index in [0.717, 1.165) is 11.1 Å². The molecule has 0 spiro atoms. The molecule has 0 aromatic heterocycles. The molecule has 2 aromatic carbocycles. The van der Waals surface area contributed by atoms with E-state index in [0.29, 0.717) is 0 Å². The van der Waals surface area contributed by atoms with Crippen molar-refractivity contribution >= 4 is 0 Å². The molecule has 3 nitrogen and oxygen atoms in total. The molecule has 2 aromatic rings. The minimum atomic E-state index is -2.85. The molecule has 2 rings (SSSR count). The summed E-state index contributed by atoms with van der Waals surface area (Å²) in [5.41, 5.74) is 1.59. The summed E-state index contributed by atoms with van der Waals surface area (Å²) >= 11 is 0. The van der Waals surface area contributed by atoms with E-state index in [4.69, 9.17) is 4.74 Å². The Morgan fingerprint density at radius 1 is 0.609 bits per heavy atom. The molecule has 0 aliphatic carbocycles. The summed E-state index contributed by atoms with van der Waals surface area (Å²) in [6.07, 6.45) is 0. The van der Waals surface area contributed by atoms with Gasteiger partial charge in [-0.2, -0.15) is 17.6 Å². The molecule has 0 bridgehead atoms. The Kier molecular flexibility index (Phi) is 6.22. The van der Waals surface area contributed by atoms with Gasteiger partial charge in [0.15, 0.2) is 0 Å². The summed E-state index contributed by atoms with van der Waals surface area (Å²) in [6.45, 7) is -5.14. The number of halogens is 4. The van der Waals surface area contributed by atoms with E-state index >= 15 is 0 Å². The van der Waals surface area contributed by atoms with E-state index < -0.39 is 13.2 Å². The van der Waals surface area contributed by atoms with Gasteiger partial charge in [-0.05, 0) is 35.4 Å². The van der Waals surface area contributed by atoms with Crippen LogP contribution in [0.2, 0.25) is 0 Å². The van der Waals surface area contributed by atoms with Crippen LogP contribution in [0.25, 0.3) is 0 Å². The highest BCUT2D eigenvalue weighted by molar-refractivity contribution is 5.28. The molecule has 0 fully saturated rings. The molecular weight excluding hydrogens is 316 g/mol. The molecule has 0 unspecified atom stereocenters. The largest absolute Gasteiger partial charge is 0.435 e. The van der Waals surface area contributed by atoms with Gasteiger partial charge in [-0.25, -0.2) is 0 Å². The Balaban J connectivity index is 1.78. The summed E-state index contributed by atoms with van der Waals surface area (Å²) in [5, 5.41) is 0. The van der Waals surface area contributed by atoms with Crippen LogP contribution in [0.1, 0.15) is 11.1 Å². The van der Waals surface area contributed by atoms with Gasteiger partial charge >= 0.3 is 13.2 Å². The minimum Gasteiger partial charge on any atom is -0.435 e. The van der Waals surface area contributed by atoms with Crippen LogP contribution in [-0.4, -0.2) is 13.2 Å². The van der Waals surface area contributed by atoms with E-state index in [2.05, 4.69) is 9.47 Å². The standard InChI is InChI=1S/C16H14F4O3/c17-15(18)22-13-5-1-11(2-6-13)9-21-10-12-3-7-14(8-4-12)23-16(19)20/h1-8,15-16H,9-10H2. The molecular formula is C16H14F4O3. The summed E-state index contributed by atoms with van der Waals surface area (Å²) in [5.74, 6) is 0.164. The third kappa shape index (κ3) is 6.15. The lowest BCUT2D eigenvalue weighted by Gasteiger charge is -2.08. The lowest BCUT2D eigenvalue weighted by molar-refractivity contribution is -0.0505. The number of alkyl halides is 4. The quantitative estimate of drug-likeness (QED) is 0.662. The lowest BCUT2D eigenvalue weighted by atomic mass is 10.2. The topological polar surface area (TPSA) is 27.7 Å². The molecule has 0 aliphatic heterocycles. The van der Waals surface area contributed by atoms with Crippen molar-refractivity contribution in [2.45, 2.75) is 26.4 Å². The Labute approximate surface area is 130 Å². The predicted molar refractivity (Wildman–Crippen MR) is 74.6 cm³/mol. The van der Waals surface area contributed by atoms with Crippen molar-refractivity contribution in [2.75, 3.05) is 0 Å². The first kappa shape index (κ1) is 17.1. The number of hydrogen-bond acceptors (Lipinski definition) is 3. The maximum atomic E-state index is 12.0. The monoisotopic (exact) mass is 330 g/mol. The molecule has 0 saturated carbocycles. The van der Waals surface area contributed by atoms with Crippen LogP contribution >= 0.6 is 0 Å². The normalized spacial score (nSPS) is 11.0. The van der Waals surface area contributed by atoms with Crippen molar-refractivity contribution in [3.05, 3.63) is 59.7 Å². The smallest absolute Gasteiger partial charge is 0.387 e. The fraction of sp³-hybridized carbons (Fsp3) is 0.250. The highest BCUT2D eigenvalue weighted by Crippen LogP contribution is 2.17. The Morgan fingerprint density at radius 3 is 1.26 bits per heavy atom. The van der Waals surface area contributed by atoms with Gasteiger partial charge in [-0.3, -0.25) is 0 Å². The molecule has 0 amide bonds. The molecule has 0 saturated heterocycles. The molecule has 124 valence electrons. The molecule has 0 atom stereocenters. The van der Waals surface area contributed by atoms with Crippen molar-refractivity contribution in [2.24, 2.45) is 0 Å². The first-order valence-corrected chi connectivity index (χ1v) is 6.68. The zero-order valence-corrected chi connectivity index (χ0v) is 11.9. The fourth-order valence-electron chi connectivity index (χ4n) is 1.82. The zero-order valence-electron chi connectivity index (χ0n) is 11.9. The number of rotatable bonds is 8. The highest BCUT2D eigenvalue weighted by atomic mass is 19.3. The molecule has 7 heteroatoms. The summed E-state index contributed by atoms with van der Waals surface area (Å²) < 4.78 is 62.0. The zero-order chi connectivity index (χ0) is 16.7. The van der Waals surface area contributed by atoms with Gasteiger partial charge in [0.25, 0.3) is 0 Å². The van der Waals surface area contributed by atoms with Crippen molar-refractivity contribution in [1.29, 1.82) is 0 Å². The molecule has 0 radical (unpaired) electrons. The maximum absolute atomic E-state index is 12.0. The van der Waals surface area contributed by atoms with Crippen LogP contribution < -0.4 is 9.47 Å². The number of ether oxygens (including phenoxy) is 3. The second-order valence-electron chi connectivity index (χ2n) is 4.54. The Hall–Kier alpha value is -2.28. The van der Waals surface area contributed by atoms with E-state index in [9.17, 15) is 17.6 Å². The van der Waals surface area contributed by atoms with Crippen LogP contribution in [0.15, 0.2) is 48.5 Å². The van der Waals surface area contributed by atoms with Crippen molar-refractivity contribution < 1.29 is 31.8 Å². The van der Waals surface area contributed by atoms with Crippen LogP contribution in [0.3, 0.4) is 0 Å². The number of benzene rings is 2. The van der Waals surface area contributed by atoms with Gasteiger partial charge < -0.3 is 14.2 Å². The van der Waals surface area contributed by atoms with Gasteiger partial charge in [-0.1, -0.05) is 24.3 Å².